The summed E-state index contributed by atoms with van der Waals surface area (Å²) < 4.78 is 16.3. The number of aromatic nitrogens is 1. The van der Waals surface area contributed by atoms with E-state index in [1.807, 2.05) is 30.3 Å². The van der Waals surface area contributed by atoms with Crippen LogP contribution in [0.4, 0.5) is 5.13 Å². The summed E-state index contributed by atoms with van der Waals surface area (Å²) in [5.41, 5.74) is 2.44. The van der Waals surface area contributed by atoms with Crippen LogP contribution >= 0.6 is 11.3 Å². The van der Waals surface area contributed by atoms with Crippen molar-refractivity contribution < 1.29 is 38.8 Å². The van der Waals surface area contributed by atoms with E-state index < -0.39 is 29.5 Å². The van der Waals surface area contributed by atoms with Crippen molar-refractivity contribution in [3.05, 3.63) is 105 Å². The highest BCUT2D eigenvalue weighted by atomic mass is 32.1. The number of amides is 1. The molecule has 1 atom stereocenters. The molecule has 1 amide bonds. The number of aliphatic hydroxyl groups excluding tert-OH is 1. The predicted molar refractivity (Wildman–Crippen MR) is 164 cm³/mol. The van der Waals surface area contributed by atoms with Crippen LogP contribution in [0.5, 0.6) is 17.2 Å². The van der Waals surface area contributed by atoms with Gasteiger partial charge in [0.25, 0.3) is 5.78 Å². The Hall–Kier alpha value is -5.16. The monoisotopic (exact) mass is 614 g/mol. The zero-order valence-corrected chi connectivity index (χ0v) is 25.3. The summed E-state index contributed by atoms with van der Waals surface area (Å²) in [5.74, 6) is -2.33. The molecular formula is C33H30N2O8S. The van der Waals surface area contributed by atoms with E-state index in [1.165, 1.54) is 25.3 Å². The summed E-state index contributed by atoms with van der Waals surface area (Å²) >= 11 is 0.895. The zero-order valence-electron chi connectivity index (χ0n) is 24.5. The Kier molecular flexibility index (Phi) is 8.68. The Morgan fingerprint density at radius 1 is 1.02 bits per heavy atom. The van der Waals surface area contributed by atoms with Gasteiger partial charge in [-0.1, -0.05) is 47.7 Å². The van der Waals surface area contributed by atoms with E-state index in [0.717, 1.165) is 21.8 Å². The molecule has 1 fully saturated rings. The van der Waals surface area contributed by atoms with Crippen LogP contribution in [0, 0.1) is 13.8 Å². The first kappa shape index (κ1) is 30.3. The molecule has 0 saturated carbocycles. The lowest BCUT2D eigenvalue weighted by Crippen LogP contribution is -2.29. The highest BCUT2D eigenvalue weighted by Gasteiger charge is 2.48. The van der Waals surface area contributed by atoms with Gasteiger partial charge in [-0.3, -0.25) is 14.5 Å². The Labute approximate surface area is 257 Å². The van der Waals surface area contributed by atoms with E-state index >= 15 is 0 Å². The Morgan fingerprint density at radius 2 is 1.77 bits per heavy atom. The van der Waals surface area contributed by atoms with Crippen LogP contribution in [0.3, 0.4) is 0 Å². The van der Waals surface area contributed by atoms with Crippen molar-refractivity contribution >= 4 is 39.9 Å². The molecular weight excluding hydrogens is 584 g/mol. The minimum absolute atomic E-state index is 0.0708. The second kappa shape index (κ2) is 12.6. The van der Waals surface area contributed by atoms with Crippen molar-refractivity contribution in [3.8, 4) is 17.2 Å². The molecule has 0 radical (unpaired) electrons. The molecule has 1 saturated heterocycles. The molecule has 10 nitrogen and oxygen atoms in total. The van der Waals surface area contributed by atoms with Crippen LogP contribution in [0.25, 0.3) is 5.76 Å². The molecule has 11 heteroatoms. The number of Topliss-reactive ketones (excluding diaryl/α,β-unsaturated/α-hetero) is 1. The van der Waals surface area contributed by atoms with Gasteiger partial charge in [0.15, 0.2) is 16.6 Å². The molecule has 44 heavy (non-hydrogen) atoms. The average Bonchev–Trinajstić information content (AvgIpc) is 3.53. The zero-order chi connectivity index (χ0) is 31.5. The number of aliphatic hydroxyl groups is 1. The first-order chi connectivity index (χ1) is 21.1. The number of hydrogen-bond acceptors (Lipinski definition) is 10. The van der Waals surface area contributed by atoms with Gasteiger partial charge < -0.3 is 24.4 Å². The molecule has 3 aromatic carbocycles. The van der Waals surface area contributed by atoms with Crippen molar-refractivity contribution in [2.24, 2.45) is 0 Å². The second-order valence-corrected chi connectivity index (χ2v) is 11.0. The topological polar surface area (TPSA) is 135 Å². The molecule has 5 rings (SSSR count). The third-order valence-corrected chi connectivity index (χ3v) is 8.24. The molecule has 2 N–H and O–H groups in total. The molecule has 1 aliphatic heterocycles. The minimum atomic E-state index is -1.15. The highest BCUT2D eigenvalue weighted by Crippen LogP contribution is 2.45. The molecule has 0 bridgehead atoms. The minimum Gasteiger partial charge on any atom is -0.507 e. The van der Waals surface area contributed by atoms with Gasteiger partial charge in [0, 0.05) is 5.56 Å². The molecule has 2 heterocycles. The van der Waals surface area contributed by atoms with Crippen molar-refractivity contribution in [1.29, 1.82) is 0 Å². The fraction of sp³-hybridized carbons (Fsp3) is 0.212. The number of carbonyl (C=O) groups excluding carboxylic acids is 3. The van der Waals surface area contributed by atoms with Crippen molar-refractivity contribution in [3.63, 3.8) is 0 Å². The fourth-order valence-corrected chi connectivity index (χ4v) is 5.97. The lowest BCUT2D eigenvalue weighted by Gasteiger charge is -2.24. The number of ketones is 1. The number of esters is 1. The maximum absolute atomic E-state index is 13.7. The van der Waals surface area contributed by atoms with Gasteiger partial charge in [0.2, 0.25) is 0 Å². The summed E-state index contributed by atoms with van der Waals surface area (Å²) in [7, 11) is 1.24. The van der Waals surface area contributed by atoms with Crippen LogP contribution in [0.2, 0.25) is 0 Å². The molecule has 0 spiro atoms. The molecule has 0 unspecified atom stereocenters. The molecule has 1 aliphatic rings. The van der Waals surface area contributed by atoms with Gasteiger partial charge in [-0.25, -0.2) is 9.78 Å². The van der Waals surface area contributed by atoms with Gasteiger partial charge in [0.1, 0.15) is 23.0 Å². The first-order valence-corrected chi connectivity index (χ1v) is 14.6. The van der Waals surface area contributed by atoms with Crippen molar-refractivity contribution in [2.75, 3.05) is 18.6 Å². The van der Waals surface area contributed by atoms with E-state index in [1.54, 1.807) is 39.0 Å². The largest absolute Gasteiger partial charge is 0.507 e. The summed E-state index contributed by atoms with van der Waals surface area (Å²) in [6, 6.07) is 18.0. The number of aromatic hydroxyl groups is 1. The standard InChI is InChI=1S/C33H30N2O8S/c1-5-42-25-16-21(11-14-24(25)36)27-26(29(38)31(39)35(27)33-34-19(3)30(44-33)32(40)41-4)28(37)23-13-12-22(15-18(23)2)43-17-20-9-7-6-8-10-20/h6-16,27,36-37H,5,17H2,1-4H3/t27-/m0/s1. The third kappa shape index (κ3) is 5.73. The number of rotatable bonds is 9. The third-order valence-electron chi connectivity index (χ3n) is 7.11. The van der Waals surface area contributed by atoms with E-state index in [-0.39, 0.29) is 33.7 Å². The number of hydrogen-bond donors (Lipinski definition) is 2. The summed E-state index contributed by atoms with van der Waals surface area (Å²) in [4.78, 5) is 45.3. The van der Waals surface area contributed by atoms with Crippen LogP contribution in [0.1, 0.15) is 50.6 Å². The molecule has 4 aromatic rings. The van der Waals surface area contributed by atoms with Crippen LogP contribution in [-0.2, 0) is 20.9 Å². The number of thiazole rings is 1. The van der Waals surface area contributed by atoms with E-state index in [2.05, 4.69) is 4.98 Å². The highest BCUT2D eigenvalue weighted by molar-refractivity contribution is 7.17. The summed E-state index contributed by atoms with van der Waals surface area (Å²) in [5, 5.41) is 22.1. The number of anilines is 1. The van der Waals surface area contributed by atoms with Gasteiger partial charge in [-0.2, -0.15) is 0 Å². The number of ether oxygens (including phenoxy) is 3. The Bertz CT molecular complexity index is 1780. The Morgan fingerprint density at radius 3 is 2.45 bits per heavy atom. The van der Waals surface area contributed by atoms with Crippen molar-refractivity contribution in [1.82, 2.24) is 4.98 Å². The second-order valence-electron chi connectivity index (χ2n) is 9.98. The number of aryl methyl sites for hydroxylation is 2. The van der Waals surface area contributed by atoms with Crippen LogP contribution < -0.4 is 14.4 Å². The Balaban J connectivity index is 1.61. The summed E-state index contributed by atoms with van der Waals surface area (Å²) in [6.07, 6.45) is 0. The van der Waals surface area contributed by atoms with E-state index in [0.29, 0.717) is 34.7 Å². The number of carbonyl (C=O) groups is 3. The average molecular weight is 615 g/mol. The van der Waals surface area contributed by atoms with Gasteiger partial charge in [0.05, 0.1) is 31.0 Å². The number of methoxy groups -OCH3 is 1. The van der Waals surface area contributed by atoms with Gasteiger partial charge >= 0.3 is 11.9 Å². The maximum Gasteiger partial charge on any atom is 0.350 e. The quantitative estimate of drug-likeness (QED) is 0.103. The molecule has 226 valence electrons. The number of phenols is 1. The lowest BCUT2D eigenvalue weighted by atomic mass is 9.93. The lowest BCUT2D eigenvalue weighted by molar-refractivity contribution is -0.132. The smallest absolute Gasteiger partial charge is 0.350 e. The summed E-state index contributed by atoms with van der Waals surface area (Å²) in [6.45, 7) is 5.71. The fourth-order valence-electron chi connectivity index (χ4n) is 4.96. The number of benzene rings is 3. The van der Waals surface area contributed by atoms with E-state index in [9.17, 15) is 24.6 Å². The predicted octanol–water partition coefficient (Wildman–Crippen LogP) is 5.86. The number of phenolic OH excluding ortho intramolecular Hbond substituents is 1. The van der Waals surface area contributed by atoms with Gasteiger partial charge in [-0.05, 0) is 67.8 Å². The molecule has 1 aromatic heterocycles. The number of nitrogens with zero attached hydrogens (tertiary/aromatic N) is 2. The SMILES string of the molecule is CCOc1cc([C@H]2C(=C(O)c3ccc(OCc4ccccc4)cc3C)C(=O)C(=O)N2c2nc(C)c(C(=O)OC)s2)ccc1O. The van der Waals surface area contributed by atoms with Crippen LogP contribution in [-0.4, -0.2) is 46.6 Å². The van der Waals surface area contributed by atoms with Crippen LogP contribution in [0.15, 0.2) is 72.3 Å². The van der Waals surface area contributed by atoms with E-state index in [4.69, 9.17) is 14.2 Å². The van der Waals surface area contributed by atoms with Gasteiger partial charge in [-0.15, -0.1) is 0 Å². The molecule has 0 aliphatic carbocycles. The first-order valence-electron chi connectivity index (χ1n) is 13.7. The van der Waals surface area contributed by atoms with Crippen molar-refractivity contribution in [2.45, 2.75) is 33.4 Å². The normalized spacial score (nSPS) is 15.8. The maximum atomic E-state index is 13.7.